The van der Waals surface area contributed by atoms with E-state index in [1.165, 1.54) is 0 Å². The minimum Gasteiger partial charge on any atom is -0.283 e. The first kappa shape index (κ1) is 27.7. The van der Waals surface area contributed by atoms with Crippen molar-refractivity contribution in [1.82, 2.24) is 0 Å². The van der Waals surface area contributed by atoms with Crippen LogP contribution in [0.1, 0.15) is 0 Å². The third kappa shape index (κ3) is 3.26. The predicted octanol–water partition coefficient (Wildman–Crippen LogP) is 4.84. The van der Waals surface area contributed by atoms with E-state index in [2.05, 4.69) is 0 Å². The summed E-state index contributed by atoms with van der Waals surface area (Å²) >= 11 is 0. The van der Waals surface area contributed by atoms with Gasteiger partial charge in [0.1, 0.15) is 0 Å². The Kier molecular flexibility index (Phi) is 6.08. The van der Waals surface area contributed by atoms with Crippen molar-refractivity contribution in [1.29, 1.82) is 0 Å². The van der Waals surface area contributed by atoms with E-state index in [4.69, 9.17) is 4.55 Å². The van der Waals surface area contributed by atoms with Crippen LogP contribution in [0.2, 0.25) is 0 Å². The van der Waals surface area contributed by atoms with E-state index in [1.807, 2.05) is 0 Å². The average molecular weight is 500 g/mol. The summed E-state index contributed by atoms with van der Waals surface area (Å²) in [4.78, 5) is 0. The monoisotopic (exact) mass is 500 g/mol. The molecule has 29 heavy (non-hydrogen) atoms. The van der Waals surface area contributed by atoms with Crippen LogP contribution in [0.5, 0.6) is 0 Å². The summed E-state index contributed by atoms with van der Waals surface area (Å²) in [6.45, 7) is 0. The van der Waals surface area contributed by atoms with Gasteiger partial charge in [-0.25, -0.2) is 13.2 Å². The molecule has 2 unspecified atom stereocenters. The molecule has 0 aromatic heterocycles. The molecule has 0 aromatic rings. The summed E-state index contributed by atoms with van der Waals surface area (Å²) in [6.07, 6.45) is -34.0. The fraction of sp³-hybridized carbons (Fsp3) is 1.00. The van der Waals surface area contributed by atoms with Crippen LogP contribution in [0.3, 0.4) is 0 Å². The smallest absolute Gasteiger partial charge is 0.283 e. The van der Waals surface area contributed by atoms with Crippen molar-refractivity contribution < 1.29 is 87.6 Å². The number of halogens is 17. The Labute approximate surface area is 146 Å². The Bertz CT molecular complexity index is 712. The molecule has 0 heterocycles. The van der Waals surface area contributed by atoms with Crippen LogP contribution < -0.4 is 0 Å². The van der Waals surface area contributed by atoms with Gasteiger partial charge in [0.05, 0.1) is 0 Å². The van der Waals surface area contributed by atoms with E-state index in [0.29, 0.717) is 0 Å². The van der Waals surface area contributed by atoms with Gasteiger partial charge in [0.25, 0.3) is 0 Å². The Morgan fingerprint density at radius 1 is 0.448 bits per heavy atom. The first-order valence-electron chi connectivity index (χ1n) is 5.68. The zero-order chi connectivity index (χ0) is 24.5. The van der Waals surface area contributed by atoms with Crippen molar-refractivity contribution in [3.63, 3.8) is 0 Å². The van der Waals surface area contributed by atoms with Gasteiger partial charge in [-0.1, -0.05) is 0 Å². The van der Waals surface area contributed by atoms with Crippen LogP contribution in [-0.2, 0) is 10.1 Å². The number of hydrogen-bond donors (Lipinski definition) is 1. The molecule has 176 valence electrons. The average Bonchev–Trinajstić information content (AvgIpc) is 2.37. The highest BCUT2D eigenvalue weighted by atomic mass is 32.2. The lowest BCUT2D eigenvalue weighted by Gasteiger charge is -2.47. The summed E-state index contributed by atoms with van der Waals surface area (Å²) in [6, 6.07) is 0. The maximum atomic E-state index is 13.9. The molecule has 21 heteroatoms. The molecule has 0 saturated carbocycles. The number of alkyl halides is 17. The van der Waals surface area contributed by atoms with Gasteiger partial charge in [-0.15, -0.1) is 0 Å². The molecule has 0 aliphatic carbocycles. The Morgan fingerprint density at radius 3 is 0.828 bits per heavy atom. The molecule has 0 aliphatic rings. The minimum absolute atomic E-state index is 7.89. The van der Waals surface area contributed by atoms with Crippen LogP contribution in [0.4, 0.5) is 74.6 Å². The largest absolute Gasteiger partial charge is 0.446 e. The van der Waals surface area contributed by atoms with Gasteiger partial charge in [-0.3, -0.25) is 4.55 Å². The zero-order valence-corrected chi connectivity index (χ0v) is 12.9. The maximum Gasteiger partial charge on any atom is 0.446 e. The molecule has 0 rings (SSSR count). The van der Waals surface area contributed by atoms with E-state index in [1.54, 1.807) is 0 Å². The van der Waals surface area contributed by atoms with Crippen LogP contribution >= 0.6 is 0 Å². The molecule has 0 radical (unpaired) electrons. The summed E-state index contributed by atoms with van der Waals surface area (Å²) in [7, 11) is -8.56. The van der Waals surface area contributed by atoms with E-state index in [0.717, 1.165) is 0 Å². The normalized spacial score (nSPS) is 20.2. The second-order valence-corrected chi connectivity index (χ2v) is 6.47. The maximum absolute atomic E-state index is 13.9. The number of rotatable bonds is 4. The third-order valence-corrected chi connectivity index (χ3v) is 4.40. The second kappa shape index (κ2) is 6.36. The lowest BCUT2D eigenvalue weighted by atomic mass is 9.76. The molecule has 0 saturated heterocycles. The third-order valence-electron chi connectivity index (χ3n) is 3.20. The van der Waals surface area contributed by atoms with Gasteiger partial charge < -0.3 is 0 Å². The minimum atomic E-state index is -9.33. The molecule has 1 N–H and O–H groups in total. The van der Waals surface area contributed by atoms with E-state index in [-0.39, 0.29) is 0 Å². The Morgan fingerprint density at radius 2 is 0.690 bits per heavy atom. The van der Waals surface area contributed by atoms with Crippen molar-refractivity contribution >= 4 is 10.1 Å². The van der Waals surface area contributed by atoms with Gasteiger partial charge in [0, 0.05) is 0 Å². The van der Waals surface area contributed by atoms with Gasteiger partial charge in [-0.2, -0.15) is 69.9 Å². The molecule has 0 bridgehead atoms. The summed E-state index contributed by atoms with van der Waals surface area (Å²) in [5, 5.41) is -8.54. The predicted molar refractivity (Wildman–Crippen MR) is 52.2 cm³/mol. The highest BCUT2D eigenvalue weighted by molar-refractivity contribution is 7.87. The number of hydrogen-bond acceptors (Lipinski definition) is 2. The van der Waals surface area contributed by atoms with Crippen LogP contribution in [0.15, 0.2) is 0 Å². The van der Waals surface area contributed by atoms with E-state index < -0.39 is 57.1 Å². The zero-order valence-electron chi connectivity index (χ0n) is 12.1. The molecular weight excluding hydrogens is 499 g/mol. The fourth-order valence-electron chi connectivity index (χ4n) is 1.85. The summed E-state index contributed by atoms with van der Waals surface area (Å²) < 4.78 is 246. The van der Waals surface area contributed by atoms with Crippen LogP contribution in [0.25, 0.3) is 0 Å². The fourth-order valence-corrected chi connectivity index (χ4v) is 2.61. The summed E-state index contributed by atoms with van der Waals surface area (Å²) in [5.74, 6) is -9.18. The Hall–Kier alpha value is -1.28. The summed E-state index contributed by atoms with van der Waals surface area (Å²) in [5.41, 5.74) is -18.4. The van der Waals surface area contributed by atoms with Gasteiger partial charge >= 0.3 is 57.1 Å². The lowest BCUT2D eigenvalue weighted by Crippen LogP contribution is -2.82. The molecular formula is C8HF17O3S. The molecule has 0 aromatic carbocycles. The topological polar surface area (TPSA) is 54.4 Å². The molecule has 0 aliphatic heterocycles. The van der Waals surface area contributed by atoms with Crippen LogP contribution in [0, 0.1) is 0 Å². The van der Waals surface area contributed by atoms with E-state index in [9.17, 15) is 83.1 Å². The first-order valence-corrected chi connectivity index (χ1v) is 7.12. The molecule has 0 amide bonds. The molecule has 0 fully saturated rings. The van der Waals surface area contributed by atoms with Crippen LogP contribution in [-0.4, -0.2) is 59.9 Å². The van der Waals surface area contributed by atoms with Crippen molar-refractivity contribution in [3.8, 4) is 0 Å². The SMILES string of the molecule is O=S(=O)(O)C(F)(C(F)(F)F)C(F)(F)C(F)(C(F)(F)F)C(F)(C(F)(F)F)C(F)(F)F. The van der Waals surface area contributed by atoms with Gasteiger partial charge in [0.15, 0.2) is 0 Å². The molecule has 0 spiro atoms. The van der Waals surface area contributed by atoms with Crippen molar-refractivity contribution in [2.45, 2.75) is 47.0 Å². The van der Waals surface area contributed by atoms with Crippen molar-refractivity contribution in [3.05, 3.63) is 0 Å². The quantitative estimate of drug-likeness (QED) is 0.444. The molecule has 3 nitrogen and oxygen atoms in total. The lowest BCUT2D eigenvalue weighted by molar-refractivity contribution is -0.460. The van der Waals surface area contributed by atoms with Crippen molar-refractivity contribution in [2.75, 3.05) is 0 Å². The Balaban J connectivity index is 7.93. The highest BCUT2D eigenvalue weighted by Gasteiger charge is 3.02. The van der Waals surface area contributed by atoms with Gasteiger partial charge in [-0.05, 0) is 0 Å². The standard InChI is InChI=1S/C8HF17O3S/c9-1(5(14,15)16,2(10,6(17,18)19)7(20,21)22)3(11,12)4(13,8(23,24)25)29(26,27)28/h(H,26,27,28). The van der Waals surface area contributed by atoms with Gasteiger partial charge in [0.2, 0.25) is 0 Å². The van der Waals surface area contributed by atoms with E-state index >= 15 is 0 Å². The highest BCUT2D eigenvalue weighted by Crippen LogP contribution is 2.68. The first-order chi connectivity index (χ1) is 12.0. The van der Waals surface area contributed by atoms with Crippen molar-refractivity contribution in [2.24, 2.45) is 0 Å². The second-order valence-electron chi connectivity index (χ2n) is 4.95. The molecule has 2 atom stereocenters.